The summed E-state index contributed by atoms with van der Waals surface area (Å²) in [5, 5.41) is 0.419. The molecule has 1 rings (SSSR count). The van der Waals surface area contributed by atoms with Crippen molar-refractivity contribution in [3.63, 3.8) is 0 Å². The molecule has 0 bridgehead atoms. The summed E-state index contributed by atoms with van der Waals surface area (Å²) in [6.45, 7) is 0. The van der Waals surface area contributed by atoms with E-state index in [0.717, 1.165) is 0 Å². The van der Waals surface area contributed by atoms with Gasteiger partial charge in [0.05, 0.1) is 0 Å². The van der Waals surface area contributed by atoms with E-state index in [1.165, 1.54) is 0 Å². The molecule has 0 amide bonds. The fourth-order valence-corrected chi connectivity index (χ4v) is 0.425. The molecule has 0 aromatic carbocycles. The third-order valence-corrected chi connectivity index (χ3v) is 0.779. The Kier molecular flexibility index (Phi) is 3.90. The second kappa shape index (κ2) is 3.91. The van der Waals surface area contributed by atoms with Gasteiger partial charge in [0.15, 0.2) is 0 Å². The Morgan fingerprint density at radius 2 is 2.38 bits per heavy atom. The van der Waals surface area contributed by atoms with Gasteiger partial charge in [0, 0.05) is 22.5 Å². The van der Waals surface area contributed by atoms with Gasteiger partial charge < -0.3 is 0 Å². The summed E-state index contributed by atoms with van der Waals surface area (Å²) in [6.07, 6.45) is 1.62. The first kappa shape index (κ1) is 7.97. The van der Waals surface area contributed by atoms with Gasteiger partial charge in [0.25, 0.3) is 0 Å². The summed E-state index contributed by atoms with van der Waals surface area (Å²) in [6, 6.07) is 6.17. The van der Waals surface area contributed by atoms with Gasteiger partial charge >= 0.3 is 0 Å². The topological polar surface area (TPSA) is 12.9 Å². The molecule has 0 atom stereocenters. The Hall–Kier alpha value is -0.0275. The van der Waals surface area contributed by atoms with Crippen LogP contribution < -0.4 is 0 Å². The molecule has 0 fully saturated rings. The number of halogens is 1. The van der Waals surface area contributed by atoms with Crippen molar-refractivity contribution in [3.05, 3.63) is 29.5 Å². The molecule has 0 aliphatic carbocycles. The van der Waals surface area contributed by atoms with Gasteiger partial charge in [-0.1, -0.05) is 17.8 Å². The number of hydrogen-bond acceptors (Lipinski definition) is 1. The molecule has 1 aromatic heterocycles. The summed E-state index contributed by atoms with van der Waals surface area (Å²) >= 11 is 5.37. The zero-order chi connectivity index (χ0) is 5.11. The first-order chi connectivity index (χ1) is 3.39. The molecule has 1 heterocycles. The molecule has 1 nitrogen and oxygen atoms in total. The average Bonchev–Trinajstić information content (AvgIpc) is 1.69. The number of rotatable bonds is 0. The quantitative estimate of drug-likeness (QED) is 0.419. The molecule has 0 N–H and O–H groups in total. The van der Waals surface area contributed by atoms with E-state index < -0.39 is 0 Å². The van der Waals surface area contributed by atoms with Gasteiger partial charge in [-0.25, -0.2) is 12.1 Å². The predicted molar refractivity (Wildman–Crippen MR) is 28.1 cm³/mol. The van der Waals surface area contributed by atoms with Crippen molar-refractivity contribution in [3.8, 4) is 0 Å². The summed E-state index contributed by atoms with van der Waals surface area (Å²) in [7, 11) is 0. The molecule has 8 heavy (non-hydrogen) atoms. The Morgan fingerprint density at radius 3 is 2.62 bits per heavy atom. The van der Waals surface area contributed by atoms with Crippen LogP contribution in [0.3, 0.4) is 0 Å². The third-order valence-electron chi connectivity index (χ3n) is 0.573. The van der Waals surface area contributed by atoms with Crippen molar-refractivity contribution in [2.75, 3.05) is 0 Å². The molecule has 0 unspecified atom stereocenters. The van der Waals surface area contributed by atoms with Crippen molar-refractivity contribution < 1.29 is 17.4 Å². The molecule has 0 aliphatic heterocycles. The molecule has 1 aromatic rings. The van der Waals surface area contributed by atoms with Crippen molar-refractivity contribution >= 4 is 11.6 Å². The van der Waals surface area contributed by atoms with E-state index in [1.54, 1.807) is 18.3 Å². The van der Waals surface area contributed by atoms with Crippen LogP contribution in [-0.4, -0.2) is 4.98 Å². The van der Waals surface area contributed by atoms with Crippen LogP contribution in [-0.2, 0) is 17.4 Å². The van der Waals surface area contributed by atoms with E-state index in [1.807, 2.05) is 0 Å². The number of nitrogens with zero attached hydrogens (tertiary/aromatic N) is 1. The fourth-order valence-electron chi connectivity index (χ4n) is 0.306. The van der Waals surface area contributed by atoms with E-state index in [-0.39, 0.29) is 17.4 Å². The largest absolute Gasteiger partial charge is 0.284 e. The van der Waals surface area contributed by atoms with E-state index in [0.29, 0.717) is 5.15 Å². The second-order valence-corrected chi connectivity index (χ2v) is 1.43. The van der Waals surface area contributed by atoms with Gasteiger partial charge in [-0.05, 0) is 0 Å². The first-order valence-corrected chi connectivity index (χ1v) is 2.25. The Morgan fingerprint density at radius 1 is 1.62 bits per heavy atom. The average molecular weight is 165 g/mol. The van der Waals surface area contributed by atoms with Gasteiger partial charge in [-0.15, -0.1) is 0 Å². The minimum absolute atomic E-state index is 0. The number of hydrogen-bond donors (Lipinski definition) is 0. The van der Waals surface area contributed by atoms with Crippen LogP contribution in [0.2, 0.25) is 5.15 Å². The maximum atomic E-state index is 5.37. The van der Waals surface area contributed by atoms with E-state index in [4.69, 9.17) is 11.6 Å². The molecule has 0 spiro atoms. The van der Waals surface area contributed by atoms with Crippen LogP contribution in [0.4, 0.5) is 0 Å². The van der Waals surface area contributed by atoms with Crippen LogP contribution >= 0.6 is 11.6 Å². The van der Waals surface area contributed by atoms with Crippen LogP contribution in [0.5, 0.6) is 0 Å². The summed E-state index contributed by atoms with van der Waals surface area (Å²) in [5.41, 5.74) is 0. The van der Waals surface area contributed by atoms with Crippen LogP contribution in [0, 0.1) is 6.07 Å². The van der Waals surface area contributed by atoms with Crippen LogP contribution in [0.25, 0.3) is 0 Å². The Bertz CT molecular complexity index is 142. The first-order valence-electron chi connectivity index (χ1n) is 1.88. The molecule has 0 radical (unpaired) electrons. The van der Waals surface area contributed by atoms with E-state index >= 15 is 0 Å². The normalized spacial score (nSPS) is 7.62. The van der Waals surface area contributed by atoms with Crippen molar-refractivity contribution in [1.82, 2.24) is 4.98 Å². The predicted octanol–water partition coefficient (Wildman–Crippen LogP) is 1.53. The molecule has 0 saturated carbocycles. The second-order valence-electron chi connectivity index (χ2n) is 1.07. The molecule has 0 saturated heterocycles. The molecule has 42 valence electrons. The maximum Gasteiger partial charge on any atom is 0.0375 e. The Labute approximate surface area is 63.8 Å². The van der Waals surface area contributed by atoms with Crippen LogP contribution in [0.1, 0.15) is 0 Å². The molecule has 3 heteroatoms. The fraction of sp³-hybridized carbons (Fsp3) is 0. The zero-order valence-electron chi connectivity index (χ0n) is 3.97. The standard InChI is InChI=1S/C5H3ClN.Cr/c6-5-3-1-2-4-7-5;/h1-2,4H;/q-1;. The monoisotopic (exact) mass is 164 g/mol. The SMILES string of the molecule is Clc1[c-]cccn1.[Cr]. The number of aromatic nitrogens is 1. The van der Waals surface area contributed by atoms with Gasteiger partial charge in [0.1, 0.15) is 0 Å². The third kappa shape index (κ3) is 2.32. The Balaban J connectivity index is 0.000000490. The summed E-state index contributed by atoms with van der Waals surface area (Å²) in [5.74, 6) is 0. The van der Waals surface area contributed by atoms with E-state index in [9.17, 15) is 0 Å². The maximum absolute atomic E-state index is 5.37. The van der Waals surface area contributed by atoms with E-state index in [2.05, 4.69) is 11.1 Å². The molecular formula is C5H3ClCrN-. The van der Waals surface area contributed by atoms with Crippen molar-refractivity contribution in [2.45, 2.75) is 0 Å². The van der Waals surface area contributed by atoms with Gasteiger partial charge in [-0.3, -0.25) is 4.98 Å². The molecular weight excluding hydrogens is 162 g/mol. The smallest absolute Gasteiger partial charge is 0.0375 e. The van der Waals surface area contributed by atoms with Crippen molar-refractivity contribution in [2.24, 2.45) is 0 Å². The van der Waals surface area contributed by atoms with Crippen LogP contribution in [0.15, 0.2) is 18.3 Å². The van der Waals surface area contributed by atoms with Gasteiger partial charge in [-0.2, -0.15) is 6.07 Å². The van der Waals surface area contributed by atoms with Gasteiger partial charge in [0.2, 0.25) is 0 Å². The number of pyridine rings is 1. The minimum Gasteiger partial charge on any atom is -0.284 e. The minimum atomic E-state index is 0. The zero-order valence-corrected chi connectivity index (χ0v) is 6.00. The summed E-state index contributed by atoms with van der Waals surface area (Å²) in [4.78, 5) is 3.69. The summed E-state index contributed by atoms with van der Waals surface area (Å²) < 4.78 is 0. The molecule has 0 aliphatic rings. The van der Waals surface area contributed by atoms with Crippen molar-refractivity contribution in [1.29, 1.82) is 0 Å².